The molecule has 2 aromatic carbocycles. The molecule has 0 bridgehead atoms. The number of carboxylic acids is 1. The van der Waals surface area contributed by atoms with Crippen LogP contribution in [0.15, 0.2) is 71.9 Å². The van der Waals surface area contributed by atoms with Crippen molar-refractivity contribution in [3.63, 3.8) is 0 Å². The predicted molar refractivity (Wildman–Crippen MR) is 137 cm³/mol. The van der Waals surface area contributed by atoms with Crippen molar-refractivity contribution in [2.24, 2.45) is 0 Å². The lowest BCUT2D eigenvalue weighted by molar-refractivity contribution is -0.139. The molecule has 1 aromatic heterocycles. The van der Waals surface area contributed by atoms with E-state index in [1.807, 2.05) is 48.5 Å². The van der Waals surface area contributed by atoms with Crippen molar-refractivity contribution < 1.29 is 14.7 Å². The molecule has 1 atom stereocenters. The Morgan fingerprint density at radius 2 is 1.88 bits per heavy atom. The van der Waals surface area contributed by atoms with E-state index >= 15 is 0 Å². The molecular formula is C26H28ClN3O3S. The highest BCUT2D eigenvalue weighted by Crippen LogP contribution is 2.23. The van der Waals surface area contributed by atoms with Crippen LogP contribution in [0.3, 0.4) is 0 Å². The topological polar surface area (TPSA) is 95.1 Å². The summed E-state index contributed by atoms with van der Waals surface area (Å²) in [5.74, 6) is -0.919. The number of nitrogens with one attached hydrogen (secondary N) is 2. The molecule has 8 heteroatoms. The molecule has 1 amide bonds. The molecule has 0 radical (unpaired) electrons. The highest BCUT2D eigenvalue weighted by molar-refractivity contribution is 7.99. The smallest absolute Gasteiger partial charge is 0.326 e. The lowest BCUT2D eigenvalue weighted by Crippen LogP contribution is -2.42. The number of aliphatic carboxylic acids is 1. The van der Waals surface area contributed by atoms with Gasteiger partial charge in [0.25, 0.3) is 5.91 Å². The van der Waals surface area contributed by atoms with Gasteiger partial charge >= 0.3 is 5.97 Å². The number of hydrogen-bond acceptors (Lipinski definition) is 4. The van der Waals surface area contributed by atoms with Gasteiger partial charge < -0.3 is 15.4 Å². The largest absolute Gasteiger partial charge is 0.480 e. The molecule has 3 N–H and O–H groups in total. The monoisotopic (exact) mass is 497 g/mol. The molecule has 0 aliphatic heterocycles. The number of carbonyl (C=O) groups excluding carboxylic acids is 1. The number of unbranched alkanes of at least 4 members (excludes halogenated alkanes) is 1. The summed E-state index contributed by atoms with van der Waals surface area (Å²) in [6.07, 6.45) is 6.85. The molecule has 0 fully saturated rings. The first-order valence-corrected chi connectivity index (χ1v) is 12.5. The van der Waals surface area contributed by atoms with Gasteiger partial charge in [-0.25, -0.2) is 9.78 Å². The maximum absolute atomic E-state index is 13.2. The number of aromatic amines is 1. The van der Waals surface area contributed by atoms with E-state index < -0.39 is 17.9 Å². The SMILES string of the molecule is CCCC=CCSc1nc(C(=O)N[C@@H](Cc2ccccc2)C(=O)O)c(Cc2ccccc2Cl)[nH]1. The van der Waals surface area contributed by atoms with Crippen molar-refractivity contribution >= 4 is 35.2 Å². The molecule has 0 spiro atoms. The Kier molecular flexibility index (Phi) is 9.79. The minimum absolute atomic E-state index is 0.177. The van der Waals surface area contributed by atoms with Gasteiger partial charge in [-0.05, 0) is 23.6 Å². The Labute approximate surface area is 208 Å². The number of H-pyrrole nitrogens is 1. The van der Waals surface area contributed by atoms with E-state index in [0.29, 0.717) is 28.0 Å². The maximum Gasteiger partial charge on any atom is 0.326 e. The lowest BCUT2D eigenvalue weighted by atomic mass is 10.1. The molecule has 6 nitrogen and oxygen atoms in total. The summed E-state index contributed by atoms with van der Waals surface area (Å²) in [4.78, 5) is 32.7. The van der Waals surface area contributed by atoms with E-state index in [2.05, 4.69) is 34.4 Å². The normalized spacial score (nSPS) is 12.1. The molecule has 0 saturated carbocycles. The minimum Gasteiger partial charge on any atom is -0.480 e. The van der Waals surface area contributed by atoms with Crippen LogP contribution in [0.1, 0.15) is 47.1 Å². The predicted octanol–water partition coefficient (Wildman–Crippen LogP) is 5.53. The van der Waals surface area contributed by atoms with Crippen molar-refractivity contribution in [3.05, 3.63) is 94.3 Å². The fraction of sp³-hybridized carbons (Fsp3) is 0.269. The summed E-state index contributed by atoms with van der Waals surface area (Å²) in [6, 6.07) is 15.5. The van der Waals surface area contributed by atoms with Crippen molar-refractivity contribution in [3.8, 4) is 0 Å². The number of halogens is 1. The number of thioether (sulfide) groups is 1. The molecule has 0 aliphatic rings. The molecule has 3 aromatic rings. The maximum atomic E-state index is 13.2. The molecule has 3 rings (SSSR count). The van der Waals surface area contributed by atoms with E-state index in [1.165, 1.54) is 11.8 Å². The van der Waals surface area contributed by atoms with Gasteiger partial charge in [0.05, 0.1) is 5.69 Å². The van der Waals surface area contributed by atoms with E-state index in [4.69, 9.17) is 11.6 Å². The zero-order valence-electron chi connectivity index (χ0n) is 19.0. The van der Waals surface area contributed by atoms with E-state index in [0.717, 1.165) is 24.0 Å². The molecular weight excluding hydrogens is 470 g/mol. The van der Waals surface area contributed by atoms with E-state index in [-0.39, 0.29) is 12.1 Å². The molecule has 1 heterocycles. The zero-order valence-corrected chi connectivity index (χ0v) is 20.5. The second-order valence-corrected chi connectivity index (χ2v) is 9.18. The van der Waals surface area contributed by atoms with Crippen molar-refractivity contribution in [2.45, 2.75) is 43.8 Å². The molecule has 0 unspecified atom stereocenters. The third-order valence-corrected chi connectivity index (χ3v) is 6.32. The van der Waals surface area contributed by atoms with E-state index in [1.54, 1.807) is 6.07 Å². The number of hydrogen-bond donors (Lipinski definition) is 3. The van der Waals surface area contributed by atoms with Gasteiger partial charge in [-0.2, -0.15) is 0 Å². The Bertz CT molecular complexity index is 1130. The number of benzene rings is 2. The summed E-state index contributed by atoms with van der Waals surface area (Å²) in [5, 5.41) is 13.5. The van der Waals surface area contributed by atoms with Crippen molar-refractivity contribution in [1.29, 1.82) is 0 Å². The van der Waals surface area contributed by atoms with E-state index in [9.17, 15) is 14.7 Å². The molecule has 0 saturated heterocycles. The number of carbonyl (C=O) groups is 2. The van der Waals surface area contributed by atoms with Crippen LogP contribution in [-0.2, 0) is 17.6 Å². The number of nitrogens with zero attached hydrogens (tertiary/aromatic N) is 1. The summed E-state index contributed by atoms with van der Waals surface area (Å²) in [7, 11) is 0. The fourth-order valence-corrected chi connectivity index (χ4v) is 4.30. The average molecular weight is 498 g/mol. The number of allylic oxidation sites excluding steroid dienone is 1. The van der Waals surface area contributed by atoms with Crippen molar-refractivity contribution in [1.82, 2.24) is 15.3 Å². The van der Waals surface area contributed by atoms with Crippen LogP contribution in [0.4, 0.5) is 0 Å². The number of imidazole rings is 1. The van der Waals surface area contributed by atoms with Gasteiger partial charge in [-0.3, -0.25) is 4.79 Å². The second-order valence-electron chi connectivity index (χ2n) is 7.76. The Morgan fingerprint density at radius 1 is 1.15 bits per heavy atom. The average Bonchev–Trinajstić information content (AvgIpc) is 3.23. The van der Waals surface area contributed by atoms with Crippen LogP contribution in [0.5, 0.6) is 0 Å². The minimum atomic E-state index is -1.10. The lowest BCUT2D eigenvalue weighted by Gasteiger charge is -2.14. The highest BCUT2D eigenvalue weighted by atomic mass is 35.5. The highest BCUT2D eigenvalue weighted by Gasteiger charge is 2.25. The first kappa shape index (κ1) is 25.6. The van der Waals surface area contributed by atoms with Gasteiger partial charge in [0.2, 0.25) is 0 Å². The number of carboxylic acid groups (broad SMARTS) is 1. The third-order valence-electron chi connectivity index (χ3n) is 5.12. The Morgan fingerprint density at radius 3 is 2.59 bits per heavy atom. The number of rotatable bonds is 12. The fourth-order valence-electron chi connectivity index (χ4n) is 3.36. The van der Waals surface area contributed by atoms with Crippen LogP contribution < -0.4 is 5.32 Å². The van der Waals surface area contributed by atoms with Crippen LogP contribution in [0.25, 0.3) is 0 Å². The van der Waals surface area contributed by atoms with Crippen molar-refractivity contribution in [2.75, 3.05) is 5.75 Å². The van der Waals surface area contributed by atoms with Crippen LogP contribution in [-0.4, -0.2) is 38.7 Å². The van der Waals surface area contributed by atoms with Crippen LogP contribution in [0, 0.1) is 0 Å². The first-order chi connectivity index (χ1) is 16.5. The zero-order chi connectivity index (χ0) is 24.3. The molecule has 178 valence electrons. The molecule has 34 heavy (non-hydrogen) atoms. The molecule has 0 aliphatic carbocycles. The van der Waals surface area contributed by atoms with Crippen LogP contribution in [0.2, 0.25) is 5.02 Å². The summed E-state index contributed by atoms with van der Waals surface area (Å²) in [6.45, 7) is 2.12. The summed E-state index contributed by atoms with van der Waals surface area (Å²) in [5.41, 5.74) is 2.44. The summed E-state index contributed by atoms with van der Waals surface area (Å²) < 4.78 is 0. The standard InChI is InChI=1S/C26H28ClN3O3S/c1-2-3-4-10-15-34-26-29-21(17-19-13-8-9-14-20(19)27)23(30-26)24(31)28-22(25(32)33)16-18-11-6-5-7-12-18/h4-14,22H,2-3,15-17H2,1H3,(H,28,31)(H,29,30)(H,32,33)/t22-/m0/s1. The Hall–Kier alpha value is -3.03. The quantitative estimate of drug-likeness (QED) is 0.226. The van der Waals surface area contributed by atoms with Gasteiger partial charge in [-0.15, -0.1) is 0 Å². The second kappa shape index (κ2) is 13.0. The van der Waals surface area contributed by atoms with Gasteiger partial charge in [0, 0.05) is 23.6 Å². The van der Waals surface area contributed by atoms with Gasteiger partial charge in [0.1, 0.15) is 6.04 Å². The Balaban J connectivity index is 1.81. The number of aromatic nitrogens is 2. The van der Waals surface area contributed by atoms with Crippen LogP contribution >= 0.6 is 23.4 Å². The van der Waals surface area contributed by atoms with Gasteiger partial charge in [-0.1, -0.05) is 97.4 Å². The van der Waals surface area contributed by atoms with Gasteiger partial charge in [0.15, 0.2) is 10.9 Å². The first-order valence-electron chi connectivity index (χ1n) is 11.2. The summed E-state index contributed by atoms with van der Waals surface area (Å²) >= 11 is 7.82. The number of amides is 1. The third kappa shape index (κ3) is 7.50.